The number of anilines is 1. The van der Waals surface area contributed by atoms with Gasteiger partial charge in [-0.25, -0.2) is 0 Å². The molecule has 0 aliphatic rings. The standard InChI is InChI=1S/C16H18BrF2N3O3/c1-9-15(17)10(2)22(21-9)7-6-14(23)20-11-4-5-12(25-16(18)19)13(8-11)24-3/h4-5,8,16H,6-7H2,1-3H3,(H,20,23). The second kappa shape index (κ2) is 8.28. The van der Waals surface area contributed by atoms with E-state index in [1.807, 2.05) is 13.8 Å². The van der Waals surface area contributed by atoms with E-state index in [1.54, 1.807) is 4.68 Å². The highest BCUT2D eigenvalue weighted by Gasteiger charge is 2.13. The second-order valence-electron chi connectivity index (χ2n) is 5.25. The predicted octanol–water partition coefficient (Wildman–Crippen LogP) is 3.90. The van der Waals surface area contributed by atoms with Crippen LogP contribution in [0.15, 0.2) is 22.7 Å². The fourth-order valence-corrected chi connectivity index (χ4v) is 2.55. The maximum absolute atomic E-state index is 12.3. The van der Waals surface area contributed by atoms with Crippen molar-refractivity contribution in [3.8, 4) is 11.5 Å². The number of rotatable bonds is 7. The summed E-state index contributed by atoms with van der Waals surface area (Å²) in [6.07, 6.45) is 0.214. The first-order valence-electron chi connectivity index (χ1n) is 7.44. The van der Waals surface area contributed by atoms with Crippen LogP contribution in [0.3, 0.4) is 0 Å². The molecule has 1 N–H and O–H groups in total. The average Bonchev–Trinajstić information content (AvgIpc) is 2.81. The first-order valence-corrected chi connectivity index (χ1v) is 8.23. The molecule has 0 radical (unpaired) electrons. The number of halogens is 3. The molecular weight excluding hydrogens is 400 g/mol. The first kappa shape index (κ1) is 19.2. The molecule has 0 spiro atoms. The summed E-state index contributed by atoms with van der Waals surface area (Å²) in [5.41, 5.74) is 2.23. The minimum absolute atomic E-state index is 0.0945. The quantitative estimate of drug-likeness (QED) is 0.741. The molecule has 0 aliphatic heterocycles. The number of aryl methyl sites for hydroxylation is 2. The highest BCUT2D eigenvalue weighted by atomic mass is 79.9. The van der Waals surface area contributed by atoms with Crippen LogP contribution in [0.5, 0.6) is 11.5 Å². The van der Waals surface area contributed by atoms with Crippen molar-refractivity contribution < 1.29 is 23.0 Å². The van der Waals surface area contributed by atoms with Gasteiger partial charge in [0.2, 0.25) is 5.91 Å². The number of nitrogens with one attached hydrogen (secondary N) is 1. The van der Waals surface area contributed by atoms with E-state index in [9.17, 15) is 13.6 Å². The number of hydrogen-bond acceptors (Lipinski definition) is 4. The van der Waals surface area contributed by atoms with Crippen LogP contribution in [0.25, 0.3) is 0 Å². The molecule has 0 saturated carbocycles. The highest BCUT2D eigenvalue weighted by molar-refractivity contribution is 9.10. The van der Waals surface area contributed by atoms with E-state index in [4.69, 9.17) is 4.74 Å². The molecule has 0 saturated heterocycles. The van der Waals surface area contributed by atoms with Crippen LogP contribution in [-0.4, -0.2) is 29.4 Å². The number of hydrogen-bond donors (Lipinski definition) is 1. The Bertz CT molecular complexity index is 765. The van der Waals surface area contributed by atoms with Gasteiger partial charge in [-0.1, -0.05) is 0 Å². The zero-order valence-corrected chi connectivity index (χ0v) is 15.6. The van der Waals surface area contributed by atoms with Crippen LogP contribution < -0.4 is 14.8 Å². The molecule has 136 valence electrons. The number of carbonyl (C=O) groups excluding carboxylic acids is 1. The van der Waals surface area contributed by atoms with E-state index in [-0.39, 0.29) is 23.8 Å². The van der Waals surface area contributed by atoms with E-state index in [0.29, 0.717) is 12.2 Å². The second-order valence-corrected chi connectivity index (χ2v) is 6.04. The lowest BCUT2D eigenvalue weighted by Crippen LogP contribution is -2.15. The summed E-state index contributed by atoms with van der Waals surface area (Å²) in [5.74, 6) is -0.211. The van der Waals surface area contributed by atoms with Gasteiger partial charge in [-0.2, -0.15) is 13.9 Å². The van der Waals surface area contributed by atoms with Gasteiger partial charge in [0.05, 0.1) is 23.8 Å². The van der Waals surface area contributed by atoms with Crippen molar-refractivity contribution in [2.75, 3.05) is 12.4 Å². The Morgan fingerprint density at radius 1 is 1.36 bits per heavy atom. The topological polar surface area (TPSA) is 65.4 Å². The van der Waals surface area contributed by atoms with Gasteiger partial charge in [-0.05, 0) is 41.9 Å². The van der Waals surface area contributed by atoms with Crippen LogP contribution in [0.2, 0.25) is 0 Å². The van der Waals surface area contributed by atoms with E-state index in [0.717, 1.165) is 15.9 Å². The van der Waals surface area contributed by atoms with Gasteiger partial charge in [0, 0.05) is 23.9 Å². The normalized spacial score (nSPS) is 10.8. The number of amides is 1. The van der Waals surface area contributed by atoms with E-state index >= 15 is 0 Å². The first-order chi connectivity index (χ1) is 11.8. The summed E-state index contributed by atoms with van der Waals surface area (Å²) in [4.78, 5) is 12.1. The third-order valence-corrected chi connectivity index (χ3v) is 4.65. The Labute approximate surface area is 152 Å². The summed E-state index contributed by atoms with van der Waals surface area (Å²) in [6, 6.07) is 4.21. The van der Waals surface area contributed by atoms with Crippen molar-refractivity contribution in [2.45, 2.75) is 33.4 Å². The molecule has 6 nitrogen and oxygen atoms in total. The SMILES string of the molecule is COc1cc(NC(=O)CCn2nc(C)c(Br)c2C)ccc1OC(F)F. The summed E-state index contributed by atoms with van der Waals surface area (Å²) in [6.45, 7) is 1.26. The summed E-state index contributed by atoms with van der Waals surface area (Å²) in [5, 5.41) is 7.03. The zero-order valence-electron chi connectivity index (χ0n) is 14.0. The number of ether oxygens (including phenoxy) is 2. The molecule has 1 amide bonds. The van der Waals surface area contributed by atoms with Crippen molar-refractivity contribution in [3.05, 3.63) is 34.1 Å². The minimum Gasteiger partial charge on any atom is -0.493 e. The fourth-order valence-electron chi connectivity index (χ4n) is 2.26. The maximum Gasteiger partial charge on any atom is 0.387 e. The highest BCUT2D eigenvalue weighted by Crippen LogP contribution is 2.31. The summed E-state index contributed by atoms with van der Waals surface area (Å²) >= 11 is 3.44. The number of methoxy groups -OCH3 is 1. The lowest BCUT2D eigenvalue weighted by molar-refractivity contribution is -0.116. The van der Waals surface area contributed by atoms with E-state index in [2.05, 4.69) is 31.1 Å². The molecule has 9 heteroatoms. The van der Waals surface area contributed by atoms with E-state index in [1.165, 1.54) is 25.3 Å². The molecule has 1 heterocycles. The van der Waals surface area contributed by atoms with Crippen LogP contribution in [-0.2, 0) is 11.3 Å². The van der Waals surface area contributed by atoms with E-state index < -0.39 is 6.61 Å². The van der Waals surface area contributed by atoms with Gasteiger partial charge in [-0.15, -0.1) is 0 Å². The van der Waals surface area contributed by atoms with Crippen molar-refractivity contribution in [3.63, 3.8) is 0 Å². The van der Waals surface area contributed by atoms with Crippen molar-refractivity contribution in [1.82, 2.24) is 9.78 Å². The fraction of sp³-hybridized carbons (Fsp3) is 0.375. The molecule has 2 aromatic rings. The molecule has 1 aromatic heterocycles. The van der Waals surface area contributed by atoms with Crippen molar-refractivity contribution in [1.29, 1.82) is 0 Å². The summed E-state index contributed by atoms with van der Waals surface area (Å²) < 4.78 is 36.6. The van der Waals surface area contributed by atoms with Gasteiger partial charge in [0.15, 0.2) is 11.5 Å². The number of aromatic nitrogens is 2. The number of benzene rings is 1. The lowest BCUT2D eigenvalue weighted by atomic mass is 10.2. The van der Waals surface area contributed by atoms with Crippen LogP contribution >= 0.6 is 15.9 Å². The molecular formula is C16H18BrF2N3O3. The van der Waals surface area contributed by atoms with Gasteiger partial charge in [-0.3, -0.25) is 9.48 Å². The third-order valence-electron chi connectivity index (χ3n) is 3.51. The van der Waals surface area contributed by atoms with Crippen LogP contribution in [0.4, 0.5) is 14.5 Å². The monoisotopic (exact) mass is 417 g/mol. The molecule has 2 rings (SSSR count). The predicted molar refractivity (Wildman–Crippen MR) is 92.3 cm³/mol. The van der Waals surface area contributed by atoms with Crippen molar-refractivity contribution >= 4 is 27.5 Å². The number of carbonyl (C=O) groups is 1. The molecule has 0 aliphatic carbocycles. The molecule has 25 heavy (non-hydrogen) atoms. The molecule has 0 bridgehead atoms. The Morgan fingerprint density at radius 2 is 2.08 bits per heavy atom. The lowest BCUT2D eigenvalue weighted by Gasteiger charge is -2.12. The Kier molecular flexibility index (Phi) is 6.35. The molecule has 0 atom stereocenters. The largest absolute Gasteiger partial charge is 0.493 e. The maximum atomic E-state index is 12.3. The van der Waals surface area contributed by atoms with Gasteiger partial charge in [0.1, 0.15) is 0 Å². The third kappa shape index (κ3) is 4.91. The Balaban J connectivity index is 1.99. The number of nitrogens with zero attached hydrogens (tertiary/aromatic N) is 2. The van der Waals surface area contributed by atoms with Gasteiger partial charge < -0.3 is 14.8 Å². The summed E-state index contributed by atoms with van der Waals surface area (Å²) in [7, 11) is 1.33. The van der Waals surface area contributed by atoms with Crippen LogP contribution in [0, 0.1) is 13.8 Å². The van der Waals surface area contributed by atoms with Gasteiger partial charge in [0.25, 0.3) is 0 Å². The van der Waals surface area contributed by atoms with Crippen LogP contribution in [0.1, 0.15) is 17.8 Å². The molecule has 1 aromatic carbocycles. The minimum atomic E-state index is -2.95. The van der Waals surface area contributed by atoms with Gasteiger partial charge >= 0.3 is 6.61 Å². The number of alkyl halides is 2. The smallest absolute Gasteiger partial charge is 0.387 e. The Hall–Kier alpha value is -2.16. The average molecular weight is 418 g/mol. The molecule has 0 fully saturated rings. The molecule has 0 unspecified atom stereocenters. The zero-order chi connectivity index (χ0) is 18.6. The van der Waals surface area contributed by atoms with Crippen molar-refractivity contribution in [2.24, 2.45) is 0 Å². The Morgan fingerprint density at radius 3 is 2.64 bits per heavy atom.